The van der Waals surface area contributed by atoms with E-state index in [1.54, 1.807) is 36.5 Å². The molecule has 34 heavy (non-hydrogen) atoms. The average Bonchev–Trinajstić information content (AvgIpc) is 2.82. The average molecular weight is 471 g/mol. The van der Waals surface area contributed by atoms with E-state index < -0.39 is 11.8 Å². The highest BCUT2D eigenvalue weighted by Crippen LogP contribution is 2.19. The van der Waals surface area contributed by atoms with Crippen LogP contribution in [0, 0.1) is 0 Å². The number of hydrogen-bond acceptors (Lipinski definition) is 7. The molecule has 11 heteroatoms. The minimum atomic E-state index is -0.508. The van der Waals surface area contributed by atoms with Gasteiger partial charge in [0.25, 0.3) is 0 Å². The van der Waals surface area contributed by atoms with Crippen molar-refractivity contribution in [3.8, 4) is 0 Å². The molecule has 0 aliphatic rings. The number of anilines is 2. The van der Waals surface area contributed by atoms with Gasteiger partial charge in [0.15, 0.2) is 0 Å². The number of amides is 4. The van der Waals surface area contributed by atoms with E-state index in [2.05, 4.69) is 25.9 Å². The first-order valence-corrected chi connectivity index (χ1v) is 11.3. The molecule has 2 rings (SSSR count). The van der Waals surface area contributed by atoms with Gasteiger partial charge in [-0.3, -0.25) is 14.6 Å². The standard InChI is InChI=1S/C23H34N8O3/c24-16(8-10-18(22(26)33)19-6-3-5-12-27-19)15-30-23(34)28-13-4-1-2-7-21(32)31-20-11-9-17(25)14-29-20/h3,5-6,9,11-12,14,16,18H,1-2,4,7-8,10,13,15,24-25H2,(H2,26,33)(H2,28,30,34)(H,29,31,32). The van der Waals surface area contributed by atoms with E-state index in [4.69, 9.17) is 17.2 Å². The summed E-state index contributed by atoms with van der Waals surface area (Å²) < 4.78 is 0. The SMILES string of the molecule is NC(=O)C(CCC(N)CNC(=O)NCCCCCC(=O)Nc1ccc(N)cn1)c1ccccn1. The van der Waals surface area contributed by atoms with Gasteiger partial charge in [0, 0.05) is 31.7 Å². The summed E-state index contributed by atoms with van der Waals surface area (Å²) in [4.78, 5) is 43.8. The maximum Gasteiger partial charge on any atom is 0.314 e. The van der Waals surface area contributed by atoms with Gasteiger partial charge in [-0.2, -0.15) is 0 Å². The minimum Gasteiger partial charge on any atom is -0.397 e. The van der Waals surface area contributed by atoms with Crippen LogP contribution < -0.4 is 33.2 Å². The summed E-state index contributed by atoms with van der Waals surface area (Å²) in [6.07, 6.45) is 6.69. The largest absolute Gasteiger partial charge is 0.397 e. The molecule has 0 aliphatic carbocycles. The van der Waals surface area contributed by atoms with Gasteiger partial charge in [-0.05, 0) is 49.9 Å². The Morgan fingerprint density at radius 1 is 0.971 bits per heavy atom. The molecule has 2 aromatic rings. The first-order chi connectivity index (χ1) is 16.3. The molecule has 11 nitrogen and oxygen atoms in total. The van der Waals surface area contributed by atoms with Gasteiger partial charge < -0.3 is 33.2 Å². The highest BCUT2D eigenvalue weighted by molar-refractivity contribution is 5.89. The molecule has 0 aliphatic heterocycles. The van der Waals surface area contributed by atoms with Gasteiger partial charge in [0.2, 0.25) is 11.8 Å². The van der Waals surface area contributed by atoms with Gasteiger partial charge in [0.1, 0.15) is 5.82 Å². The Morgan fingerprint density at radius 2 is 1.79 bits per heavy atom. The van der Waals surface area contributed by atoms with Crippen LogP contribution in [0.4, 0.5) is 16.3 Å². The number of rotatable bonds is 14. The summed E-state index contributed by atoms with van der Waals surface area (Å²) in [5.74, 6) is -0.599. The number of pyridine rings is 2. The molecule has 2 atom stereocenters. The Bertz CT molecular complexity index is 908. The summed E-state index contributed by atoms with van der Waals surface area (Å²) in [6.45, 7) is 0.768. The predicted octanol–water partition coefficient (Wildman–Crippen LogP) is 1.23. The number of urea groups is 1. The monoisotopic (exact) mass is 470 g/mol. The van der Waals surface area contributed by atoms with Crippen LogP contribution in [0.1, 0.15) is 50.1 Å². The Morgan fingerprint density at radius 3 is 2.47 bits per heavy atom. The molecule has 9 N–H and O–H groups in total. The number of nitrogens with one attached hydrogen (secondary N) is 3. The third kappa shape index (κ3) is 10.3. The second-order valence-corrected chi connectivity index (χ2v) is 8.02. The van der Waals surface area contributed by atoms with Gasteiger partial charge in [-0.15, -0.1) is 0 Å². The molecule has 0 bridgehead atoms. The molecule has 4 amide bonds. The molecule has 0 saturated heterocycles. The zero-order valence-corrected chi connectivity index (χ0v) is 19.2. The minimum absolute atomic E-state index is 0.112. The number of unbranched alkanes of at least 4 members (excludes halogenated alkanes) is 2. The number of carbonyl (C=O) groups excluding carboxylic acids is 3. The highest BCUT2D eigenvalue weighted by atomic mass is 16.2. The van der Waals surface area contributed by atoms with Crippen molar-refractivity contribution in [1.29, 1.82) is 0 Å². The molecule has 0 aromatic carbocycles. The Hall–Kier alpha value is -3.73. The molecular formula is C23H34N8O3. The van der Waals surface area contributed by atoms with Crippen molar-refractivity contribution in [3.63, 3.8) is 0 Å². The van der Waals surface area contributed by atoms with Crippen molar-refractivity contribution in [2.24, 2.45) is 11.5 Å². The number of hydrogen-bond donors (Lipinski definition) is 6. The maximum atomic E-state index is 11.9. The van der Waals surface area contributed by atoms with Crippen LogP contribution in [0.3, 0.4) is 0 Å². The first kappa shape index (κ1) is 26.5. The smallest absolute Gasteiger partial charge is 0.314 e. The van der Waals surface area contributed by atoms with Gasteiger partial charge in [-0.1, -0.05) is 12.5 Å². The molecule has 2 aromatic heterocycles. The van der Waals surface area contributed by atoms with E-state index in [0.717, 1.165) is 12.8 Å². The lowest BCUT2D eigenvalue weighted by Crippen LogP contribution is -2.43. The van der Waals surface area contributed by atoms with Crippen LogP contribution in [0.5, 0.6) is 0 Å². The Kier molecular flexibility index (Phi) is 11.3. The van der Waals surface area contributed by atoms with Gasteiger partial charge in [0.05, 0.1) is 23.5 Å². The van der Waals surface area contributed by atoms with E-state index in [1.165, 1.54) is 6.20 Å². The zero-order chi connectivity index (χ0) is 24.8. The summed E-state index contributed by atoms with van der Waals surface area (Å²) in [5, 5.41) is 8.21. The lowest BCUT2D eigenvalue weighted by molar-refractivity contribution is -0.119. The second-order valence-electron chi connectivity index (χ2n) is 8.02. The van der Waals surface area contributed by atoms with E-state index in [9.17, 15) is 14.4 Å². The second kappa shape index (κ2) is 14.4. The fraction of sp³-hybridized carbons (Fsp3) is 0.435. The lowest BCUT2D eigenvalue weighted by atomic mass is 9.95. The molecule has 184 valence electrons. The molecule has 2 heterocycles. The summed E-state index contributed by atoms with van der Waals surface area (Å²) in [5.41, 5.74) is 18.3. The van der Waals surface area contributed by atoms with Crippen molar-refractivity contribution in [1.82, 2.24) is 20.6 Å². The van der Waals surface area contributed by atoms with Crippen LogP contribution >= 0.6 is 0 Å². The van der Waals surface area contributed by atoms with E-state index in [-0.39, 0.29) is 24.5 Å². The van der Waals surface area contributed by atoms with Gasteiger partial charge in [-0.25, -0.2) is 9.78 Å². The van der Waals surface area contributed by atoms with Crippen LogP contribution in [0.25, 0.3) is 0 Å². The quantitative estimate of drug-likeness (QED) is 0.224. The van der Waals surface area contributed by atoms with Crippen LogP contribution in [-0.2, 0) is 9.59 Å². The number of aromatic nitrogens is 2. The van der Waals surface area contributed by atoms with E-state index in [1.807, 2.05) is 0 Å². The summed E-state index contributed by atoms with van der Waals surface area (Å²) in [6, 6.07) is 8.04. The van der Waals surface area contributed by atoms with E-state index >= 15 is 0 Å². The Balaban J connectivity index is 1.52. The third-order valence-corrected chi connectivity index (χ3v) is 5.16. The number of nitrogen functional groups attached to an aromatic ring is 1. The topological polar surface area (TPSA) is 191 Å². The third-order valence-electron chi connectivity index (χ3n) is 5.16. The van der Waals surface area contributed by atoms with Crippen LogP contribution in [0.15, 0.2) is 42.7 Å². The van der Waals surface area contributed by atoms with Crippen molar-refractivity contribution in [2.75, 3.05) is 24.1 Å². The lowest BCUT2D eigenvalue weighted by Gasteiger charge is -2.17. The molecule has 0 fully saturated rings. The summed E-state index contributed by atoms with van der Waals surface area (Å²) in [7, 11) is 0. The molecule has 2 unspecified atom stereocenters. The molecular weight excluding hydrogens is 436 g/mol. The predicted molar refractivity (Wildman–Crippen MR) is 131 cm³/mol. The van der Waals surface area contributed by atoms with Crippen molar-refractivity contribution >= 4 is 29.4 Å². The Labute approximate surface area is 199 Å². The number of carbonyl (C=O) groups is 3. The summed E-state index contributed by atoms with van der Waals surface area (Å²) >= 11 is 0. The van der Waals surface area contributed by atoms with Gasteiger partial charge >= 0.3 is 6.03 Å². The van der Waals surface area contributed by atoms with Crippen molar-refractivity contribution < 1.29 is 14.4 Å². The highest BCUT2D eigenvalue weighted by Gasteiger charge is 2.20. The van der Waals surface area contributed by atoms with E-state index in [0.29, 0.717) is 49.4 Å². The van der Waals surface area contributed by atoms with Crippen LogP contribution in [-0.4, -0.2) is 46.9 Å². The molecule has 0 saturated carbocycles. The molecule has 0 spiro atoms. The normalized spacial score (nSPS) is 12.4. The number of nitrogens with two attached hydrogens (primary N) is 3. The zero-order valence-electron chi connectivity index (χ0n) is 19.2. The van der Waals surface area contributed by atoms with Crippen LogP contribution in [0.2, 0.25) is 0 Å². The number of primary amides is 1. The molecule has 0 radical (unpaired) electrons. The first-order valence-electron chi connectivity index (χ1n) is 11.3. The fourth-order valence-electron chi connectivity index (χ4n) is 3.26. The fourth-order valence-corrected chi connectivity index (χ4v) is 3.26. The maximum absolute atomic E-state index is 11.9. The van der Waals surface area contributed by atoms with Crippen molar-refractivity contribution in [3.05, 3.63) is 48.4 Å². The van der Waals surface area contributed by atoms with Crippen molar-refractivity contribution in [2.45, 2.75) is 50.5 Å². The number of nitrogens with zero attached hydrogens (tertiary/aromatic N) is 2.